The van der Waals surface area contributed by atoms with Crippen molar-refractivity contribution in [2.24, 2.45) is 0 Å². The van der Waals surface area contributed by atoms with Gasteiger partial charge >= 0.3 is 0 Å². The zero-order valence-corrected chi connectivity index (χ0v) is 12.9. The predicted molar refractivity (Wildman–Crippen MR) is 86.8 cm³/mol. The molecule has 0 fully saturated rings. The van der Waals surface area contributed by atoms with Gasteiger partial charge < -0.3 is 15.0 Å². The van der Waals surface area contributed by atoms with Gasteiger partial charge in [0.05, 0.1) is 7.11 Å². The van der Waals surface area contributed by atoms with Gasteiger partial charge in [0.2, 0.25) is 0 Å². The maximum Gasteiger partial charge on any atom is 0.125 e. The second-order valence-corrected chi connectivity index (χ2v) is 5.53. The Kier molecular flexibility index (Phi) is 3.84. The molecule has 110 valence electrons. The topological polar surface area (TPSA) is 24.5 Å². The van der Waals surface area contributed by atoms with Crippen LogP contribution in [0.5, 0.6) is 5.75 Å². The summed E-state index contributed by atoms with van der Waals surface area (Å²) < 4.78 is 5.58. The predicted octanol–water partition coefficient (Wildman–Crippen LogP) is 3.50. The Morgan fingerprint density at radius 1 is 1.05 bits per heavy atom. The van der Waals surface area contributed by atoms with Gasteiger partial charge in [-0.15, -0.1) is 0 Å². The second kappa shape index (κ2) is 5.78. The average molecular weight is 282 g/mol. The van der Waals surface area contributed by atoms with E-state index in [9.17, 15) is 0 Å². The van der Waals surface area contributed by atoms with Gasteiger partial charge in [0.25, 0.3) is 0 Å². The SMILES string of the molecule is CNC(C)c1c(OC)cccc1N1Cc2ccccc2C1. The van der Waals surface area contributed by atoms with Crippen LogP contribution in [-0.2, 0) is 13.1 Å². The standard InChI is InChI=1S/C18H22N2O/c1-13(19-2)18-16(9-6-10-17(18)21-3)20-11-14-7-4-5-8-15(14)12-20/h4-10,13,19H,11-12H2,1-3H3. The van der Waals surface area contributed by atoms with Gasteiger partial charge in [-0.05, 0) is 37.2 Å². The normalized spacial score (nSPS) is 14.9. The lowest BCUT2D eigenvalue weighted by Crippen LogP contribution is -2.21. The van der Waals surface area contributed by atoms with Crippen LogP contribution in [0.4, 0.5) is 5.69 Å². The first kappa shape index (κ1) is 14.0. The average Bonchev–Trinajstić information content (AvgIpc) is 2.97. The van der Waals surface area contributed by atoms with E-state index in [4.69, 9.17) is 4.74 Å². The highest BCUT2D eigenvalue weighted by Gasteiger charge is 2.24. The lowest BCUT2D eigenvalue weighted by atomic mass is 10.0. The molecule has 0 saturated carbocycles. The summed E-state index contributed by atoms with van der Waals surface area (Å²) in [6, 6.07) is 15.2. The summed E-state index contributed by atoms with van der Waals surface area (Å²) in [5.41, 5.74) is 5.33. The number of nitrogens with zero attached hydrogens (tertiary/aromatic N) is 1. The fourth-order valence-corrected chi connectivity index (χ4v) is 3.07. The number of nitrogens with one attached hydrogen (secondary N) is 1. The Bertz CT molecular complexity index is 614. The highest BCUT2D eigenvalue weighted by atomic mass is 16.5. The van der Waals surface area contributed by atoms with Crippen LogP contribution in [0.1, 0.15) is 29.7 Å². The summed E-state index contributed by atoms with van der Waals surface area (Å²) in [5, 5.41) is 3.33. The van der Waals surface area contributed by atoms with E-state index in [2.05, 4.69) is 53.5 Å². The van der Waals surface area contributed by atoms with E-state index in [1.165, 1.54) is 22.4 Å². The van der Waals surface area contributed by atoms with E-state index in [-0.39, 0.29) is 6.04 Å². The molecule has 3 nitrogen and oxygen atoms in total. The molecule has 0 saturated heterocycles. The van der Waals surface area contributed by atoms with Crippen molar-refractivity contribution in [3.63, 3.8) is 0 Å². The van der Waals surface area contributed by atoms with Crippen molar-refractivity contribution in [2.45, 2.75) is 26.1 Å². The number of anilines is 1. The third kappa shape index (κ3) is 2.49. The van der Waals surface area contributed by atoms with Crippen molar-refractivity contribution in [2.75, 3.05) is 19.1 Å². The van der Waals surface area contributed by atoms with Crippen LogP contribution in [0.2, 0.25) is 0 Å². The number of rotatable bonds is 4. The highest BCUT2D eigenvalue weighted by molar-refractivity contribution is 5.62. The number of methoxy groups -OCH3 is 1. The molecule has 0 radical (unpaired) electrons. The van der Waals surface area contributed by atoms with Crippen LogP contribution in [0.3, 0.4) is 0 Å². The molecule has 0 aliphatic carbocycles. The molecule has 1 atom stereocenters. The van der Waals surface area contributed by atoms with E-state index < -0.39 is 0 Å². The molecule has 2 aromatic carbocycles. The number of hydrogen-bond acceptors (Lipinski definition) is 3. The molecule has 1 N–H and O–H groups in total. The summed E-state index contributed by atoms with van der Waals surface area (Å²) in [7, 11) is 3.73. The molecule has 21 heavy (non-hydrogen) atoms. The van der Waals surface area contributed by atoms with Gasteiger partial charge in [0, 0.05) is 30.4 Å². The Morgan fingerprint density at radius 2 is 1.71 bits per heavy atom. The van der Waals surface area contributed by atoms with Crippen LogP contribution >= 0.6 is 0 Å². The van der Waals surface area contributed by atoms with Crippen molar-refractivity contribution >= 4 is 5.69 Å². The monoisotopic (exact) mass is 282 g/mol. The van der Waals surface area contributed by atoms with E-state index >= 15 is 0 Å². The van der Waals surface area contributed by atoms with Crippen molar-refractivity contribution in [1.29, 1.82) is 0 Å². The largest absolute Gasteiger partial charge is 0.496 e. The number of ether oxygens (including phenoxy) is 1. The van der Waals surface area contributed by atoms with Crippen LogP contribution in [0.15, 0.2) is 42.5 Å². The maximum atomic E-state index is 5.58. The Balaban J connectivity index is 2.00. The lowest BCUT2D eigenvalue weighted by Gasteiger charge is -2.26. The molecule has 0 amide bonds. The van der Waals surface area contributed by atoms with Crippen molar-refractivity contribution < 1.29 is 4.74 Å². The lowest BCUT2D eigenvalue weighted by molar-refractivity contribution is 0.404. The zero-order chi connectivity index (χ0) is 14.8. The van der Waals surface area contributed by atoms with Gasteiger partial charge in [-0.1, -0.05) is 30.3 Å². The van der Waals surface area contributed by atoms with Gasteiger partial charge in [0.1, 0.15) is 5.75 Å². The minimum Gasteiger partial charge on any atom is -0.496 e. The summed E-state index contributed by atoms with van der Waals surface area (Å²) in [6.45, 7) is 4.10. The fourth-order valence-electron chi connectivity index (χ4n) is 3.07. The molecule has 1 aliphatic heterocycles. The minimum atomic E-state index is 0.250. The molecule has 1 aliphatic rings. The summed E-state index contributed by atoms with van der Waals surface area (Å²) in [6.07, 6.45) is 0. The molecular formula is C18H22N2O. The first-order valence-electron chi connectivity index (χ1n) is 7.40. The molecule has 2 aromatic rings. The molecule has 0 spiro atoms. The maximum absolute atomic E-state index is 5.58. The molecular weight excluding hydrogens is 260 g/mol. The van der Waals surface area contributed by atoms with Crippen molar-refractivity contribution in [3.8, 4) is 5.75 Å². The number of benzene rings is 2. The van der Waals surface area contributed by atoms with Gasteiger partial charge in [-0.2, -0.15) is 0 Å². The summed E-state index contributed by atoms with van der Waals surface area (Å²) >= 11 is 0. The van der Waals surface area contributed by atoms with Crippen molar-refractivity contribution in [1.82, 2.24) is 5.32 Å². The van der Waals surface area contributed by atoms with Crippen LogP contribution < -0.4 is 15.0 Å². The third-order valence-corrected chi connectivity index (χ3v) is 4.31. The van der Waals surface area contributed by atoms with Crippen LogP contribution in [0, 0.1) is 0 Å². The Morgan fingerprint density at radius 3 is 2.29 bits per heavy atom. The van der Waals surface area contributed by atoms with Crippen LogP contribution in [0.25, 0.3) is 0 Å². The molecule has 3 heteroatoms. The zero-order valence-electron chi connectivity index (χ0n) is 12.9. The van der Waals surface area contributed by atoms with Gasteiger partial charge in [0.15, 0.2) is 0 Å². The fraction of sp³-hybridized carbons (Fsp3) is 0.333. The number of fused-ring (bicyclic) bond motifs is 1. The van der Waals surface area contributed by atoms with Crippen molar-refractivity contribution in [3.05, 3.63) is 59.2 Å². The van der Waals surface area contributed by atoms with E-state index in [1.54, 1.807) is 7.11 Å². The molecule has 1 unspecified atom stereocenters. The first-order valence-corrected chi connectivity index (χ1v) is 7.40. The van der Waals surface area contributed by atoms with E-state index in [0.717, 1.165) is 18.8 Å². The Labute approximate surface area is 126 Å². The second-order valence-electron chi connectivity index (χ2n) is 5.53. The quantitative estimate of drug-likeness (QED) is 0.929. The van der Waals surface area contributed by atoms with E-state index in [1.807, 2.05) is 13.1 Å². The number of hydrogen-bond donors (Lipinski definition) is 1. The minimum absolute atomic E-state index is 0.250. The smallest absolute Gasteiger partial charge is 0.125 e. The molecule has 0 bridgehead atoms. The summed E-state index contributed by atoms with van der Waals surface area (Å²) in [4.78, 5) is 2.43. The highest BCUT2D eigenvalue weighted by Crippen LogP contribution is 2.38. The third-order valence-electron chi connectivity index (χ3n) is 4.31. The summed E-state index contributed by atoms with van der Waals surface area (Å²) in [5.74, 6) is 0.949. The molecule has 1 heterocycles. The van der Waals surface area contributed by atoms with Gasteiger partial charge in [-0.25, -0.2) is 0 Å². The first-order chi connectivity index (χ1) is 10.2. The van der Waals surface area contributed by atoms with Crippen LogP contribution in [-0.4, -0.2) is 14.2 Å². The molecule has 0 aromatic heterocycles. The Hall–Kier alpha value is -2.00. The van der Waals surface area contributed by atoms with E-state index in [0.29, 0.717) is 0 Å². The molecule has 3 rings (SSSR count). The van der Waals surface area contributed by atoms with Gasteiger partial charge in [-0.3, -0.25) is 0 Å².